The zero-order chi connectivity index (χ0) is 34.6. The summed E-state index contributed by atoms with van der Waals surface area (Å²) in [6, 6.07) is 58.1. The molecule has 0 aliphatic rings. The van der Waals surface area contributed by atoms with Gasteiger partial charge in [-0.3, -0.25) is 4.57 Å². The Bertz CT molecular complexity index is 3460. The van der Waals surface area contributed by atoms with Crippen LogP contribution in [0.5, 0.6) is 0 Å². The van der Waals surface area contributed by atoms with Crippen LogP contribution in [0.4, 0.5) is 0 Å². The molecule has 5 heteroatoms. The molecular formula is C48H27N3OS. The first-order chi connectivity index (χ1) is 26.3. The lowest BCUT2D eigenvalue weighted by Gasteiger charge is -2.13. The van der Waals surface area contributed by atoms with Crippen LogP contribution in [0.1, 0.15) is 0 Å². The van der Waals surface area contributed by atoms with Crippen molar-refractivity contribution < 1.29 is 4.42 Å². The largest absolute Gasteiger partial charge is 0.455 e. The second-order valence-electron chi connectivity index (χ2n) is 13.7. The third kappa shape index (κ3) is 4.17. The third-order valence-corrected chi connectivity index (χ3v) is 12.0. The van der Waals surface area contributed by atoms with E-state index in [2.05, 4.69) is 168 Å². The van der Waals surface area contributed by atoms with Gasteiger partial charge < -0.3 is 4.42 Å². The van der Waals surface area contributed by atoms with Crippen molar-refractivity contribution >= 4 is 96.9 Å². The fraction of sp³-hybridized carbons (Fsp3) is 0. The van der Waals surface area contributed by atoms with Gasteiger partial charge in [-0.25, -0.2) is 9.97 Å². The summed E-state index contributed by atoms with van der Waals surface area (Å²) in [5, 5.41) is 10.4. The van der Waals surface area contributed by atoms with Crippen LogP contribution in [0.2, 0.25) is 0 Å². The minimum atomic E-state index is 0.652. The van der Waals surface area contributed by atoms with Gasteiger partial charge in [0, 0.05) is 53.5 Å². The Labute approximate surface area is 306 Å². The molecule has 0 saturated carbocycles. The number of nitrogens with zero attached hydrogens (tertiary/aromatic N) is 3. The average molecular weight is 694 g/mol. The summed E-state index contributed by atoms with van der Waals surface area (Å²) in [6.45, 7) is 0. The van der Waals surface area contributed by atoms with Crippen molar-refractivity contribution in [3.63, 3.8) is 0 Å². The topological polar surface area (TPSA) is 43.9 Å². The standard InChI is InChI=1S/C48H27N3OS/c1-2-12-28(13-3-1)37-25-31(26-39-38-24-29-14-4-5-15-30(29)27-42(38)52-46(37)39)44-36-18-6-9-19-40(36)49-48(50-44)51-41-20-10-7-16-32(41)34-22-23-35-33-17-8-11-21-43(33)53-47(35)45(34)51/h1-27H. The van der Waals surface area contributed by atoms with E-state index in [-0.39, 0.29) is 0 Å². The fourth-order valence-electron chi connectivity index (χ4n) is 8.35. The van der Waals surface area contributed by atoms with Crippen LogP contribution in [-0.4, -0.2) is 14.5 Å². The van der Waals surface area contributed by atoms with Gasteiger partial charge in [-0.05, 0) is 58.8 Å². The molecule has 12 rings (SSSR count). The van der Waals surface area contributed by atoms with Crippen LogP contribution < -0.4 is 0 Å². The molecule has 246 valence electrons. The van der Waals surface area contributed by atoms with Gasteiger partial charge in [-0.2, -0.15) is 0 Å². The van der Waals surface area contributed by atoms with Crippen molar-refractivity contribution in [3.8, 4) is 28.3 Å². The zero-order valence-corrected chi connectivity index (χ0v) is 29.1. The maximum atomic E-state index is 6.73. The van der Waals surface area contributed by atoms with Crippen molar-refractivity contribution in [1.82, 2.24) is 14.5 Å². The molecule has 4 nitrogen and oxygen atoms in total. The molecule has 0 aliphatic carbocycles. The molecule has 0 atom stereocenters. The molecular weight excluding hydrogens is 667 g/mol. The molecule has 53 heavy (non-hydrogen) atoms. The lowest BCUT2D eigenvalue weighted by atomic mass is 9.96. The summed E-state index contributed by atoms with van der Waals surface area (Å²) in [5.41, 5.74) is 8.89. The predicted molar refractivity (Wildman–Crippen MR) is 222 cm³/mol. The second kappa shape index (κ2) is 10.8. The highest BCUT2D eigenvalue weighted by Gasteiger charge is 2.22. The first-order valence-corrected chi connectivity index (χ1v) is 18.6. The molecule has 0 bridgehead atoms. The van der Waals surface area contributed by atoms with Gasteiger partial charge in [-0.1, -0.05) is 121 Å². The van der Waals surface area contributed by atoms with Gasteiger partial charge in [0.15, 0.2) is 0 Å². The van der Waals surface area contributed by atoms with E-state index in [1.807, 2.05) is 11.3 Å². The van der Waals surface area contributed by atoms with Crippen molar-refractivity contribution in [2.24, 2.45) is 0 Å². The summed E-state index contributed by atoms with van der Waals surface area (Å²) in [7, 11) is 0. The van der Waals surface area contributed by atoms with Crippen molar-refractivity contribution in [1.29, 1.82) is 0 Å². The van der Waals surface area contributed by atoms with Crippen molar-refractivity contribution in [3.05, 3.63) is 164 Å². The normalized spacial score (nSPS) is 12.2. The van der Waals surface area contributed by atoms with Crippen LogP contribution in [0.3, 0.4) is 0 Å². The maximum Gasteiger partial charge on any atom is 0.235 e. The molecule has 0 fully saturated rings. The monoisotopic (exact) mass is 693 g/mol. The summed E-state index contributed by atoms with van der Waals surface area (Å²) >= 11 is 1.84. The Kier molecular flexibility index (Phi) is 5.90. The first-order valence-electron chi connectivity index (χ1n) is 17.8. The lowest BCUT2D eigenvalue weighted by Crippen LogP contribution is -2.03. The highest BCUT2D eigenvalue weighted by atomic mass is 32.1. The van der Waals surface area contributed by atoms with Gasteiger partial charge in [0.25, 0.3) is 0 Å². The van der Waals surface area contributed by atoms with Crippen LogP contribution in [0.25, 0.3) is 114 Å². The molecule has 4 heterocycles. The minimum Gasteiger partial charge on any atom is -0.455 e. The molecule has 0 amide bonds. The number of furan rings is 1. The highest BCUT2D eigenvalue weighted by Crippen LogP contribution is 2.44. The molecule has 0 radical (unpaired) electrons. The average Bonchev–Trinajstić information content (AvgIpc) is 3.89. The van der Waals surface area contributed by atoms with E-state index in [0.717, 1.165) is 71.6 Å². The Morgan fingerprint density at radius 2 is 1.21 bits per heavy atom. The van der Waals surface area contributed by atoms with Crippen LogP contribution >= 0.6 is 11.3 Å². The number of aromatic nitrogens is 3. The molecule has 0 N–H and O–H groups in total. The molecule has 8 aromatic carbocycles. The molecule has 0 saturated heterocycles. The summed E-state index contributed by atoms with van der Waals surface area (Å²) in [4.78, 5) is 10.9. The van der Waals surface area contributed by atoms with E-state index in [0.29, 0.717) is 5.95 Å². The molecule has 0 aliphatic heterocycles. The van der Waals surface area contributed by atoms with E-state index in [1.165, 1.54) is 36.3 Å². The number of rotatable bonds is 3. The fourth-order valence-corrected chi connectivity index (χ4v) is 9.60. The first kappa shape index (κ1) is 28.8. The van der Waals surface area contributed by atoms with Gasteiger partial charge in [0.05, 0.1) is 26.9 Å². The highest BCUT2D eigenvalue weighted by molar-refractivity contribution is 7.26. The number of benzene rings is 8. The van der Waals surface area contributed by atoms with Gasteiger partial charge in [-0.15, -0.1) is 11.3 Å². The Morgan fingerprint density at radius 3 is 2.09 bits per heavy atom. The van der Waals surface area contributed by atoms with Crippen LogP contribution in [0, 0.1) is 0 Å². The number of hydrogen-bond donors (Lipinski definition) is 0. The molecule has 12 aromatic rings. The zero-order valence-electron chi connectivity index (χ0n) is 28.2. The second-order valence-corrected chi connectivity index (χ2v) is 14.8. The molecule has 0 spiro atoms. The quantitative estimate of drug-likeness (QED) is 0.185. The van der Waals surface area contributed by atoms with E-state index >= 15 is 0 Å². The smallest absolute Gasteiger partial charge is 0.235 e. The van der Waals surface area contributed by atoms with Gasteiger partial charge >= 0.3 is 0 Å². The maximum absolute atomic E-state index is 6.73. The van der Waals surface area contributed by atoms with Crippen molar-refractivity contribution in [2.45, 2.75) is 0 Å². The van der Waals surface area contributed by atoms with Gasteiger partial charge in [0.1, 0.15) is 11.2 Å². The number of para-hydroxylation sites is 2. The molecule has 0 unspecified atom stereocenters. The Hall–Kier alpha value is -6.82. The predicted octanol–water partition coefficient (Wildman–Crippen LogP) is 13.5. The summed E-state index contributed by atoms with van der Waals surface area (Å²) in [6.07, 6.45) is 0. The molecule has 4 aromatic heterocycles. The summed E-state index contributed by atoms with van der Waals surface area (Å²) in [5.74, 6) is 0.652. The third-order valence-electron chi connectivity index (χ3n) is 10.8. The van der Waals surface area contributed by atoms with E-state index in [4.69, 9.17) is 14.4 Å². The van der Waals surface area contributed by atoms with E-state index in [1.54, 1.807) is 0 Å². The van der Waals surface area contributed by atoms with Crippen molar-refractivity contribution in [2.75, 3.05) is 0 Å². The van der Waals surface area contributed by atoms with Crippen LogP contribution in [0.15, 0.2) is 168 Å². The number of thiophene rings is 1. The lowest BCUT2D eigenvalue weighted by molar-refractivity contribution is 0.670. The Morgan fingerprint density at radius 1 is 0.491 bits per heavy atom. The number of hydrogen-bond acceptors (Lipinski definition) is 4. The van der Waals surface area contributed by atoms with E-state index < -0.39 is 0 Å². The SMILES string of the molecule is c1ccc(-c2cc(-c3nc(-n4c5ccccc5c5ccc6c7ccccc7sc6c54)nc4ccccc34)cc3c2oc2cc4ccccc4cc23)cc1. The minimum absolute atomic E-state index is 0.652. The Balaban J connectivity index is 1.20. The van der Waals surface area contributed by atoms with E-state index in [9.17, 15) is 0 Å². The summed E-state index contributed by atoms with van der Waals surface area (Å²) < 4.78 is 11.5. The van der Waals surface area contributed by atoms with Crippen LogP contribution in [-0.2, 0) is 0 Å². The number of fused-ring (bicyclic) bond motifs is 12. The van der Waals surface area contributed by atoms with Gasteiger partial charge in [0.2, 0.25) is 5.95 Å².